The number of fused-ring (bicyclic) bond motifs is 1. The number of nitrogens with one attached hydrogen (secondary N) is 1. The summed E-state index contributed by atoms with van der Waals surface area (Å²) in [5.74, 6) is -1.20. The third-order valence-corrected chi connectivity index (χ3v) is 4.63. The van der Waals surface area contributed by atoms with Gasteiger partial charge in [-0.2, -0.15) is 0 Å². The highest BCUT2D eigenvalue weighted by Crippen LogP contribution is 2.25. The van der Waals surface area contributed by atoms with Crippen molar-refractivity contribution in [1.82, 2.24) is 9.55 Å². The van der Waals surface area contributed by atoms with Gasteiger partial charge in [0.1, 0.15) is 17.3 Å². The van der Waals surface area contributed by atoms with Crippen LogP contribution in [0.4, 0.5) is 14.5 Å². The Morgan fingerprint density at radius 3 is 2.64 bits per heavy atom. The normalized spacial score (nSPS) is 11.0. The van der Waals surface area contributed by atoms with Crippen LogP contribution in [0.15, 0.2) is 66.9 Å². The number of halogens is 3. The second-order valence-electron chi connectivity index (χ2n) is 6.24. The summed E-state index contributed by atoms with van der Waals surface area (Å²) in [6, 6.07) is 15.3. The number of carbonyl (C=O) groups excluding carboxylic acids is 1. The molecule has 0 spiro atoms. The average Bonchev–Trinajstić information content (AvgIpc) is 3.01. The van der Waals surface area contributed by atoms with Gasteiger partial charge in [-0.1, -0.05) is 23.7 Å². The van der Waals surface area contributed by atoms with Crippen LogP contribution in [0.1, 0.15) is 16.1 Å². The smallest absolute Gasteiger partial charge is 0.272 e. The Bertz CT molecular complexity index is 1190. The lowest BCUT2D eigenvalue weighted by Crippen LogP contribution is -2.18. The largest absolute Gasteiger partial charge is 0.332 e. The Morgan fingerprint density at radius 2 is 1.86 bits per heavy atom. The van der Waals surface area contributed by atoms with Crippen molar-refractivity contribution in [2.45, 2.75) is 6.54 Å². The fourth-order valence-corrected chi connectivity index (χ4v) is 3.25. The Kier molecular flexibility index (Phi) is 4.79. The van der Waals surface area contributed by atoms with Crippen molar-refractivity contribution in [3.05, 3.63) is 94.9 Å². The molecule has 4 nitrogen and oxygen atoms in total. The van der Waals surface area contributed by atoms with E-state index in [0.717, 1.165) is 0 Å². The van der Waals surface area contributed by atoms with E-state index < -0.39 is 11.7 Å². The monoisotopic (exact) mass is 397 g/mol. The summed E-state index contributed by atoms with van der Waals surface area (Å²) in [5.41, 5.74) is 2.00. The molecule has 140 valence electrons. The molecular weight excluding hydrogens is 384 g/mol. The average molecular weight is 398 g/mol. The molecule has 0 radical (unpaired) electrons. The summed E-state index contributed by atoms with van der Waals surface area (Å²) >= 11 is 6.02. The van der Waals surface area contributed by atoms with E-state index in [1.165, 1.54) is 30.5 Å². The van der Waals surface area contributed by atoms with Gasteiger partial charge in [0.2, 0.25) is 0 Å². The molecule has 2 aromatic heterocycles. The van der Waals surface area contributed by atoms with E-state index in [2.05, 4.69) is 10.3 Å². The van der Waals surface area contributed by atoms with Gasteiger partial charge in [-0.15, -0.1) is 0 Å². The van der Waals surface area contributed by atoms with Crippen LogP contribution in [0.2, 0.25) is 5.15 Å². The number of anilines is 1. The van der Waals surface area contributed by atoms with Gasteiger partial charge in [0.25, 0.3) is 5.91 Å². The molecule has 0 aliphatic carbocycles. The molecule has 0 fully saturated rings. The van der Waals surface area contributed by atoms with Gasteiger partial charge < -0.3 is 9.88 Å². The highest BCUT2D eigenvalue weighted by Gasteiger charge is 2.18. The van der Waals surface area contributed by atoms with Crippen LogP contribution in [0.25, 0.3) is 10.9 Å². The van der Waals surface area contributed by atoms with Gasteiger partial charge in [-0.05, 0) is 54.1 Å². The lowest BCUT2D eigenvalue weighted by atomic mass is 10.2. The molecule has 0 aliphatic rings. The predicted molar refractivity (Wildman–Crippen MR) is 105 cm³/mol. The Morgan fingerprint density at radius 1 is 1.04 bits per heavy atom. The van der Waals surface area contributed by atoms with Crippen molar-refractivity contribution in [1.29, 1.82) is 0 Å². The third-order valence-electron chi connectivity index (χ3n) is 4.33. The van der Waals surface area contributed by atoms with Crippen LogP contribution in [0, 0.1) is 11.6 Å². The van der Waals surface area contributed by atoms with Gasteiger partial charge in [0.15, 0.2) is 5.15 Å². The van der Waals surface area contributed by atoms with E-state index in [1.807, 2.05) is 0 Å². The summed E-state index contributed by atoms with van der Waals surface area (Å²) in [4.78, 5) is 16.8. The number of rotatable bonds is 4. The molecule has 0 bridgehead atoms. The first-order valence-electron chi connectivity index (χ1n) is 8.46. The van der Waals surface area contributed by atoms with Crippen LogP contribution in [0.3, 0.4) is 0 Å². The number of amides is 1. The molecule has 1 amide bonds. The van der Waals surface area contributed by atoms with Crippen LogP contribution in [0.5, 0.6) is 0 Å². The zero-order valence-corrected chi connectivity index (χ0v) is 15.3. The predicted octanol–water partition coefficient (Wildman–Crippen LogP) is 5.27. The van der Waals surface area contributed by atoms with E-state index in [-0.39, 0.29) is 17.5 Å². The summed E-state index contributed by atoms with van der Waals surface area (Å²) in [6.07, 6.45) is 1.52. The molecule has 0 saturated heterocycles. The van der Waals surface area contributed by atoms with Crippen molar-refractivity contribution in [2.24, 2.45) is 0 Å². The van der Waals surface area contributed by atoms with Crippen molar-refractivity contribution >= 4 is 34.1 Å². The van der Waals surface area contributed by atoms with E-state index in [1.54, 1.807) is 41.0 Å². The number of benzene rings is 2. The zero-order chi connectivity index (χ0) is 19.7. The van der Waals surface area contributed by atoms with Gasteiger partial charge in [-0.3, -0.25) is 4.79 Å². The SMILES string of the molecule is O=C(Nc1cccnc1Cl)c1cc2cc(F)ccc2n1Cc1cccc(F)c1. The molecular formula is C21H14ClF2N3O. The molecule has 1 N–H and O–H groups in total. The minimum atomic E-state index is -0.428. The number of hydrogen-bond donors (Lipinski definition) is 1. The molecule has 0 saturated carbocycles. The molecule has 2 aromatic carbocycles. The first kappa shape index (κ1) is 18.1. The molecule has 7 heteroatoms. The van der Waals surface area contributed by atoms with Crippen LogP contribution in [-0.4, -0.2) is 15.5 Å². The second-order valence-corrected chi connectivity index (χ2v) is 6.60. The van der Waals surface area contributed by atoms with Crippen LogP contribution in [-0.2, 0) is 6.54 Å². The van der Waals surface area contributed by atoms with Crippen molar-refractivity contribution in [2.75, 3.05) is 5.32 Å². The number of aromatic nitrogens is 2. The van der Waals surface area contributed by atoms with Gasteiger partial charge >= 0.3 is 0 Å². The minimum Gasteiger partial charge on any atom is -0.332 e. The minimum absolute atomic E-state index is 0.162. The molecule has 4 rings (SSSR count). The summed E-state index contributed by atoms with van der Waals surface area (Å²) in [5, 5.41) is 3.45. The second kappa shape index (κ2) is 7.40. The van der Waals surface area contributed by atoms with Crippen LogP contribution >= 0.6 is 11.6 Å². The standard InChI is InChI=1S/C21H14ClF2N3O/c22-20-17(5-2-8-25-20)26-21(28)19-11-14-10-16(24)6-7-18(14)27(19)12-13-3-1-4-15(23)9-13/h1-11H,12H2,(H,26,28). The highest BCUT2D eigenvalue weighted by molar-refractivity contribution is 6.32. The van der Waals surface area contributed by atoms with E-state index in [4.69, 9.17) is 11.6 Å². The van der Waals surface area contributed by atoms with Crippen molar-refractivity contribution < 1.29 is 13.6 Å². The number of nitrogens with zero attached hydrogens (tertiary/aromatic N) is 2. The fourth-order valence-electron chi connectivity index (χ4n) is 3.08. The molecule has 0 unspecified atom stereocenters. The Balaban J connectivity index is 1.78. The van der Waals surface area contributed by atoms with Gasteiger partial charge in [-0.25, -0.2) is 13.8 Å². The maximum Gasteiger partial charge on any atom is 0.272 e. The third kappa shape index (κ3) is 3.59. The van der Waals surface area contributed by atoms with Gasteiger partial charge in [0, 0.05) is 23.6 Å². The lowest BCUT2D eigenvalue weighted by molar-refractivity contribution is 0.101. The summed E-state index contributed by atoms with van der Waals surface area (Å²) in [7, 11) is 0. The quantitative estimate of drug-likeness (QED) is 0.477. The van der Waals surface area contributed by atoms with E-state index >= 15 is 0 Å². The first-order valence-corrected chi connectivity index (χ1v) is 8.84. The highest BCUT2D eigenvalue weighted by atomic mass is 35.5. The zero-order valence-electron chi connectivity index (χ0n) is 14.5. The number of pyridine rings is 1. The maximum absolute atomic E-state index is 13.7. The topological polar surface area (TPSA) is 46.9 Å². The van der Waals surface area contributed by atoms with Crippen molar-refractivity contribution in [3.8, 4) is 0 Å². The first-order chi connectivity index (χ1) is 13.5. The molecule has 0 aliphatic heterocycles. The van der Waals surface area contributed by atoms with Crippen molar-refractivity contribution in [3.63, 3.8) is 0 Å². The van der Waals surface area contributed by atoms with Crippen LogP contribution < -0.4 is 5.32 Å². The Hall–Kier alpha value is -3.25. The molecule has 0 atom stereocenters. The summed E-state index contributed by atoms with van der Waals surface area (Å²) in [6.45, 7) is 0.246. The molecule has 28 heavy (non-hydrogen) atoms. The molecule has 4 aromatic rings. The summed E-state index contributed by atoms with van der Waals surface area (Å²) < 4.78 is 29.0. The number of carbonyl (C=O) groups is 1. The fraction of sp³-hybridized carbons (Fsp3) is 0.0476. The molecule has 2 heterocycles. The Labute approximate surface area is 164 Å². The van der Waals surface area contributed by atoms with E-state index in [0.29, 0.717) is 27.8 Å². The van der Waals surface area contributed by atoms with E-state index in [9.17, 15) is 13.6 Å². The number of hydrogen-bond acceptors (Lipinski definition) is 2. The van der Waals surface area contributed by atoms with Gasteiger partial charge in [0.05, 0.1) is 5.69 Å². The lowest BCUT2D eigenvalue weighted by Gasteiger charge is -2.12. The maximum atomic E-state index is 13.7.